The van der Waals surface area contributed by atoms with E-state index >= 15 is 0 Å². The molecule has 0 saturated heterocycles. The molecule has 1 aliphatic rings. The smallest absolute Gasteiger partial charge is 0.0648 e. The van der Waals surface area contributed by atoms with Gasteiger partial charge in [0, 0.05) is 0 Å². The van der Waals surface area contributed by atoms with E-state index in [1.807, 2.05) is 0 Å². The second-order valence-electron chi connectivity index (χ2n) is 3.59. The van der Waals surface area contributed by atoms with Gasteiger partial charge >= 0.3 is 0 Å². The minimum absolute atomic E-state index is 0.291. The summed E-state index contributed by atoms with van der Waals surface area (Å²) in [4.78, 5) is 0. The first-order valence-corrected chi connectivity index (χ1v) is 4.42. The van der Waals surface area contributed by atoms with Crippen molar-refractivity contribution < 1.29 is 5.11 Å². The Hall–Kier alpha value is -0.0400. The average Bonchev–Trinajstić information content (AvgIpc) is 2.33. The summed E-state index contributed by atoms with van der Waals surface area (Å²) >= 11 is 0. The maximum absolute atomic E-state index is 9.80. The topological polar surface area (TPSA) is 20.2 Å². The van der Waals surface area contributed by atoms with Crippen LogP contribution in [0, 0.1) is 5.92 Å². The van der Waals surface area contributed by atoms with Crippen molar-refractivity contribution in [1.29, 1.82) is 0 Å². The van der Waals surface area contributed by atoms with Gasteiger partial charge < -0.3 is 5.11 Å². The van der Waals surface area contributed by atoms with Crippen LogP contribution in [0.3, 0.4) is 0 Å². The van der Waals surface area contributed by atoms with Crippen molar-refractivity contribution >= 4 is 0 Å². The van der Waals surface area contributed by atoms with Crippen LogP contribution in [0.5, 0.6) is 0 Å². The van der Waals surface area contributed by atoms with E-state index < -0.39 is 0 Å². The van der Waals surface area contributed by atoms with Gasteiger partial charge in [-0.2, -0.15) is 0 Å². The highest BCUT2D eigenvalue weighted by Crippen LogP contribution is 2.37. The van der Waals surface area contributed by atoms with Gasteiger partial charge in [0.1, 0.15) is 0 Å². The first-order chi connectivity index (χ1) is 4.70. The molecule has 1 N–H and O–H groups in total. The van der Waals surface area contributed by atoms with Gasteiger partial charge in [0.25, 0.3) is 0 Å². The summed E-state index contributed by atoms with van der Waals surface area (Å²) in [6.45, 7) is 4.30. The molecule has 0 aliphatic heterocycles. The molecule has 0 spiro atoms. The lowest BCUT2D eigenvalue weighted by Gasteiger charge is -2.19. The molecule has 2 atom stereocenters. The van der Waals surface area contributed by atoms with Gasteiger partial charge in [-0.15, -0.1) is 0 Å². The minimum atomic E-state index is -0.291. The molecule has 2 unspecified atom stereocenters. The van der Waals surface area contributed by atoms with Crippen LogP contribution >= 0.6 is 0 Å². The van der Waals surface area contributed by atoms with Crippen LogP contribution in [0.4, 0.5) is 0 Å². The monoisotopic (exact) mass is 142 g/mol. The third-order valence-corrected chi connectivity index (χ3v) is 2.92. The number of hydrogen-bond acceptors (Lipinski definition) is 1. The Morgan fingerprint density at radius 1 is 1.50 bits per heavy atom. The van der Waals surface area contributed by atoms with Crippen molar-refractivity contribution in [3.8, 4) is 0 Å². The van der Waals surface area contributed by atoms with Gasteiger partial charge in [0.2, 0.25) is 0 Å². The van der Waals surface area contributed by atoms with Gasteiger partial charge in [-0.3, -0.25) is 0 Å². The molecule has 0 aromatic heterocycles. The first-order valence-electron chi connectivity index (χ1n) is 4.42. The molecule has 1 heteroatoms. The summed E-state index contributed by atoms with van der Waals surface area (Å²) in [5.74, 6) is 0.796. The third kappa shape index (κ3) is 1.51. The van der Waals surface area contributed by atoms with Gasteiger partial charge in [-0.05, 0) is 31.6 Å². The van der Waals surface area contributed by atoms with E-state index in [1.165, 1.54) is 12.8 Å². The summed E-state index contributed by atoms with van der Waals surface area (Å²) in [7, 11) is 0. The van der Waals surface area contributed by atoms with E-state index in [-0.39, 0.29) is 5.60 Å². The van der Waals surface area contributed by atoms with Crippen molar-refractivity contribution in [3.63, 3.8) is 0 Å². The highest BCUT2D eigenvalue weighted by atomic mass is 16.3. The van der Waals surface area contributed by atoms with Crippen molar-refractivity contribution in [2.45, 2.75) is 51.6 Å². The minimum Gasteiger partial charge on any atom is -0.390 e. The first kappa shape index (κ1) is 8.06. The van der Waals surface area contributed by atoms with Gasteiger partial charge in [-0.1, -0.05) is 20.3 Å². The highest BCUT2D eigenvalue weighted by molar-refractivity contribution is 4.87. The number of hydrogen-bond donors (Lipinski definition) is 1. The summed E-state index contributed by atoms with van der Waals surface area (Å²) in [5, 5.41) is 9.80. The largest absolute Gasteiger partial charge is 0.390 e. The molecule has 0 bridgehead atoms. The van der Waals surface area contributed by atoms with Gasteiger partial charge in [0.05, 0.1) is 5.60 Å². The van der Waals surface area contributed by atoms with Crippen LogP contribution < -0.4 is 0 Å². The number of rotatable bonds is 2. The van der Waals surface area contributed by atoms with E-state index in [9.17, 15) is 5.11 Å². The van der Waals surface area contributed by atoms with Gasteiger partial charge in [-0.25, -0.2) is 0 Å². The fraction of sp³-hybridized carbons (Fsp3) is 1.00. The lowest BCUT2D eigenvalue weighted by molar-refractivity contribution is 0.0394. The van der Waals surface area contributed by atoms with Crippen molar-refractivity contribution in [3.05, 3.63) is 0 Å². The zero-order valence-electron chi connectivity index (χ0n) is 7.06. The predicted octanol–water partition coefficient (Wildman–Crippen LogP) is 2.34. The number of aliphatic hydroxyl groups is 1. The third-order valence-electron chi connectivity index (χ3n) is 2.92. The maximum atomic E-state index is 9.80. The zero-order valence-corrected chi connectivity index (χ0v) is 7.06. The Kier molecular flexibility index (Phi) is 2.35. The van der Waals surface area contributed by atoms with E-state index in [2.05, 4.69) is 13.8 Å². The molecule has 1 fully saturated rings. The fourth-order valence-electron chi connectivity index (χ4n) is 1.88. The summed E-state index contributed by atoms with van der Waals surface area (Å²) < 4.78 is 0. The predicted molar refractivity (Wildman–Crippen MR) is 42.9 cm³/mol. The molecule has 0 radical (unpaired) electrons. The molecule has 0 heterocycles. The van der Waals surface area contributed by atoms with E-state index in [0.717, 1.165) is 25.2 Å². The van der Waals surface area contributed by atoms with Crippen molar-refractivity contribution in [2.24, 2.45) is 5.92 Å². The molecular formula is C9H18O. The molecule has 0 amide bonds. The molecule has 60 valence electrons. The SMILES string of the molecule is CCC1CCC(O)(CC)C1. The van der Waals surface area contributed by atoms with Crippen LogP contribution in [0.15, 0.2) is 0 Å². The quantitative estimate of drug-likeness (QED) is 0.627. The summed E-state index contributed by atoms with van der Waals surface area (Å²) in [5.41, 5.74) is -0.291. The van der Waals surface area contributed by atoms with Crippen molar-refractivity contribution in [2.75, 3.05) is 0 Å². The lowest BCUT2D eigenvalue weighted by atomic mass is 9.96. The van der Waals surface area contributed by atoms with Crippen LogP contribution in [0.25, 0.3) is 0 Å². The highest BCUT2D eigenvalue weighted by Gasteiger charge is 2.34. The Balaban J connectivity index is 2.41. The fourth-order valence-corrected chi connectivity index (χ4v) is 1.88. The van der Waals surface area contributed by atoms with Crippen molar-refractivity contribution in [1.82, 2.24) is 0 Å². The Morgan fingerprint density at radius 2 is 2.20 bits per heavy atom. The zero-order chi connectivity index (χ0) is 7.61. The normalized spacial score (nSPS) is 40.5. The van der Waals surface area contributed by atoms with Gasteiger partial charge in [0.15, 0.2) is 0 Å². The summed E-state index contributed by atoms with van der Waals surface area (Å²) in [6, 6.07) is 0. The maximum Gasteiger partial charge on any atom is 0.0648 e. The molecule has 1 rings (SSSR count). The van der Waals surface area contributed by atoms with Crippen LogP contribution in [-0.4, -0.2) is 10.7 Å². The standard InChI is InChI=1S/C9H18O/c1-3-8-5-6-9(10,4-2)7-8/h8,10H,3-7H2,1-2H3. The molecule has 1 saturated carbocycles. The second kappa shape index (κ2) is 2.91. The molecule has 1 nitrogen and oxygen atoms in total. The molecular weight excluding hydrogens is 124 g/mol. The lowest BCUT2D eigenvalue weighted by Crippen LogP contribution is -2.22. The Bertz CT molecular complexity index is 111. The van der Waals surface area contributed by atoms with Crippen LogP contribution in [-0.2, 0) is 0 Å². The van der Waals surface area contributed by atoms with Crippen LogP contribution in [0.1, 0.15) is 46.0 Å². The molecule has 10 heavy (non-hydrogen) atoms. The van der Waals surface area contributed by atoms with E-state index in [4.69, 9.17) is 0 Å². The van der Waals surface area contributed by atoms with E-state index in [0.29, 0.717) is 0 Å². The molecule has 1 aliphatic carbocycles. The Morgan fingerprint density at radius 3 is 2.50 bits per heavy atom. The van der Waals surface area contributed by atoms with Crippen LogP contribution in [0.2, 0.25) is 0 Å². The molecule has 0 aromatic carbocycles. The second-order valence-corrected chi connectivity index (χ2v) is 3.59. The average molecular weight is 142 g/mol. The van der Waals surface area contributed by atoms with E-state index in [1.54, 1.807) is 0 Å². The Labute approximate surface area is 63.4 Å². The molecule has 0 aromatic rings. The summed E-state index contributed by atoms with van der Waals surface area (Å²) in [6.07, 6.45) is 5.48.